The van der Waals surface area contributed by atoms with Crippen molar-refractivity contribution in [2.75, 3.05) is 13.2 Å². The van der Waals surface area contributed by atoms with Gasteiger partial charge >= 0.3 is 0 Å². The average Bonchev–Trinajstić information content (AvgIpc) is 2.20. The van der Waals surface area contributed by atoms with Gasteiger partial charge in [0.2, 0.25) is 0 Å². The predicted molar refractivity (Wildman–Crippen MR) is 62.4 cm³/mol. The van der Waals surface area contributed by atoms with Crippen molar-refractivity contribution < 1.29 is 5.11 Å². The molecule has 0 aliphatic heterocycles. The summed E-state index contributed by atoms with van der Waals surface area (Å²) in [5, 5.41) is 9.35. The Balaban J connectivity index is 3.22. The highest BCUT2D eigenvalue weighted by Gasteiger charge is 2.26. The third-order valence-electron chi connectivity index (χ3n) is 2.57. The van der Waals surface area contributed by atoms with Crippen molar-refractivity contribution in [3.05, 3.63) is 33.8 Å². The van der Waals surface area contributed by atoms with Crippen LogP contribution in [0.2, 0.25) is 0 Å². The van der Waals surface area contributed by atoms with Crippen molar-refractivity contribution >= 4 is 15.9 Å². The summed E-state index contributed by atoms with van der Waals surface area (Å²) in [6.45, 7) is 4.49. The van der Waals surface area contributed by atoms with Crippen LogP contribution in [0.4, 0.5) is 0 Å². The van der Waals surface area contributed by atoms with E-state index < -0.39 is 0 Å². The van der Waals surface area contributed by atoms with Gasteiger partial charge in [-0.15, -0.1) is 0 Å². The Morgan fingerprint density at radius 2 is 2.14 bits per heavy atom. The molecule has 0 fully saturated rings. The zero-order valence-electron chi connectivity index (χ0n) is 8.55. The van der Waals surface area contributed by atoms with E-state index in [1.807, 2.05) is 26.0 Å². The summed E-state index contributed by atoms with van der Waals surface area (Å²) in [7, 11) is 0. The number of nitrogens with two attached hydrogens (primary N) is 1. The largest absolute Gasteiger partial charge is 0.395 e. The molecule has 0 amide bonds. The van der Waals surface area contributed by atoms with Gasteiger partial charge in [0, 0.05) is 16.4 Å². The van der Waals surface area contributed by atoms with Gasteiger partial charge in [-0.1, -0.05) is 40.5 Å². The second-order valence-corrected chi connectivity index (χ2v) is 4.76. The van der Waals surface area contributed by atoms with E-state index in [0.717, 1.165) is 10.0 Å². The fraction of sp³-hybridized carbons (Fsp3) is 0.455. The molecule has 0 radical (unpaired) electrons. The Labute approximate surface area is 93.3 Å². The molecule has 14 heavy (non-hydrogen) atoms. The molecule has 3 heteroatoms. The zero-order chi connectivity index (χ0) is 10.8. The molecule has 0 saturated carbocycles. The normalized spacial score (nSPS) is 15.2. The summed E-state index contributed by atoms with van der Waals surface area (Å²) in [4.78, 5) is 0. The molecule has 78 valence electrons. The van der Waals surface area contributed by atoms with E-state index >= 15 is 0 Å². The van der Waals surface area contributed by atoms with Crippen molar-refractivity contribution in [3.8, 4) is 0 Å². The standard InChI is InChI=1S/C11H16BrNO/c1-8-3-4-10(12)9(5-8)11(2,6-13)7-14/h3-5,14H,6-7,13H2,1-2H3. The van der Waals surface area contributed by atoms with Crippen LogP contribution in [0.3, 0.4) is 0 Å². The number of hydrogen-bond acceptors (Lipinski definition) is 2. The number of rotatable bonds is 3. The molecule has 1 aromatic rings. The van der Waals surface area contributed by atoms with Crippen LogP contribution in [-0.2, 0) is 5.41 Å². The van der Waals surface area contributed by atoms with Gasteiger partial charge in [-0.2, -0.15) is 0 Å². The van der Waals surface area contributed by atoms with Crippen molar-refractivity contribution in [1.29, 1.82) is 0 Å². The summed E-state index contributed by atoms with van der Waals surface area (Å²) >= 11 is 3.48. The van der Waals surface area contributed by atoms with Gasteiger partial charge in [0.05, 0.1) is 6.61 Å². The maximum atomic E-state index is 9.35. The Hall–Kier alpha value is -0.380. The van der Waals surface area contributed by atoms with Crippen LogP contribution >= 0.6 is 15.9 Å². The second kappa shape index (κ2) is 4.43. The first kappa shape index (κ1) is 11.7. The Kier molecular flexibility index (Phi) is 3.70. The lowest BCUT2D eigenvalue weighted by Crippen LogP contribution is -2.35. The van der Waals surface area contributed by atoms with Crippen LogP contribution in [0, 0.1) is 6.92 Å². The van der Waals surface area contributed by atoms with Gasteiger partial charge in [0.25, 0.3) is 0 Å². The van der Waals surface area contributed by atoms with E-state index in [0.29, 0.717) is 6.54 Å². The van der Waals surface area contributed by atoms with Gasteiger partial charge < -0.3 is 10.8 Å². The monoisotopic (exact) mass is 257 g/mol. The topological polar surface area (TPSA) is 46.2 Å². The van der Waals surface area contributed by atoms with E-state index in [1.54, 1.807) is 0 Å². The third kappa shape index (κ3) is 2.16. The molecule has 0 aliphatic rings. The molecule has 0 aromatic heterocycles. The number of aryl methyl sites for hydroxylation is 1. The van der Waals surface area contributed by atoms with E-state index in [4.69, 9.17) is 5.73 Å². The molecule has 1 atom stereocenters. The molecule has 3 N–H and O–H groups in total. The fourth-order valence-corrected chi connectivity index (χ4v) is 2.09. The average molecular weight is 258 g/mol. The minimum absolute atomic E-state index is 0.0611. The van der Waals surface area contributed by atoms with Crippen molar-refractivity contribution in [2.45, 2.75) is 19.3 Å². The SMILES string of the molecule is Cc1ccc(Br)c(C(C)(CN)CO)c1. The Morgan fingerprint density at radius 1 is 1.50 bits per heavy atom. The van der Waals surface area contributed by atoms with Gasteiger partial charge in [-0.05, 0) is 18.6 Å². The fourth-order valence-electron chi connectivity index (χ4n) is 1.36. The number of halogens is 1. The van der Waals surface area contributed by atoms with Crippen molar-refractivity contribution in [2.24, 2.45) is 5.73 Å². The number of hydrogen-bond donors (Lipinski definition) is 2. The van der Waals surface area contributed by atoms with Crippen LogP contribution in [0.1, 0.15) is 18.1 Å². The lowest BCUT2D eigenvalue weighted by Gasteiger charge is -2.27. The highest BCUT2D eigenvalue weighted by atomic mass is 79.9. The lowest BCUT2D eigenvalue weighted by atomic mass is 9.83. The van der Waals surface area contributed by atoms with Gasteiger partial charge in [-0.3, -0.25) is 0 Å². The minimum atomic E-state index is -0.356. The van der Waals surface area contributed by atoms with Crippen LogP contribution in [0.25, 0.3) is 0 Å². The first-order chi connectivity index (χ1) is 6.53. The van der Waals surface area contributed by atoms with Crippen LogP contribution in [0.15, 0.2) is 22.7 Å². The van der Waals surface area contributed by atoms with Gasteiger partial charge in [0.15, 0.2) is 0 Å². The van der Waals surface area contributed by atoms with Crippen LogP contribution in [-0.4, -0.2) is 18.3 Å². The second-order valence-electron chi connectivity index (χ2n) is 3.91. The number of aliphatic hydroxyl groups is 1. The summed E-state index contributed by atoms with van der Waals surface area (Å²) in [6.07, 6.45) is 0. The maximum absolute atomic E-state index is 9.35. The first-order valence-electron chi connectivity index (χ1n) is 4.61. The molecule has 1 aromatic carbocycles. The van der Waals surface area contributed by atoms with Gasteiger partial charge in [0.1, 0.15) is 0 Å². The third-order valence-corrected chi connectivity index (χ3v) is 3.26. The van der Waals surface area contributed by atoms with Crippen molar-refractivity contribution in [3.63, 3.8) is 0 Å². The molecule has 0 spiro atoms. The molecule has 1 unspecified atom stereocenters. The molecule has 1 rings (SSSR count). The minimum Gasteiger partial charge on any atom is -0.395 e. The molecule has 0 bridgehead atoms. The first-order valence-corrected chi connectivity index (χ1v) is 5.40. The molecular weight excluding hydrogens is 242 g/mol. The Bertz CT molecular complexity index is 321. The number of benzene rings is 1. The van der Waals surface area contributed by atoms with E-state index in [2.05, 4.69) is 22.0 Å². The summed E-state index contributed by atoms with van der Waals surface area (Å²) in [5.41, 5.74) is 7.58. The molecule has 0 heterocycles. The van der Waals surface area contributed by atoms with Crippen molar-refractivity contribution in [1.82, 2.24) is 0 Å². The van der Waals surface area contributed by atoms with Gasteiger partial charge in [-0.25, -0.2) is 0 Å². The molecule has 2 nitrogen and oxygen atoms in total. The van der Waals surface area contributed by atoms with Crippen LogP contribution in [0.5, 0.6) is 0 Å². The Morgan fingerprint density at radius 3 is 2.64 bits per heavy atom. The zero-order valence-corrected chi connectivity index (χ0v) is 10.1. The summed E-state index contributed by atoms with van der Waals surface area (Å²) in [5.74, 6) is 0. The number of aliphatic hydroxyl groups excluding tert-OH is 1. The highest BCUT2D eigenvalue weighted by molar-refractivity contribution is 9.10. The molecule has 0 saturated heterocycles. The van der Waals surface area contributed by atoms with E-state index in [-0.39, 0.29) is 12.0 Å². The molecular formula is C11H16BrNO. The van der Waals surface area contributed by atoms with E-state index in [1.165, 1.54) is 5.56 Å². The van der Waals surface area contributed by atoms with E-state index in [9.17, 15) is 5.11 Å². The summed E-state index contributed by atoms with van der Waals surface area (Å²) in [6, 6.07) is 6.09. The highest BCUT2D eigenvalue weighted by Crippen LogP contribution is 2.30. The quantitative estimate of drug-likeness (QED) is 0.870. The smallest absolute Gasteiger partial charge is 0.0537 e. The predicted octanol–water partition coefficient (Wildman–Crippen LogP) is 1.97. The lowest BCUT2D eigenvalue weighted by molar-refractivity contribution is 0.210. The molecule has 0 aliphatic carbocycles. The summed E-state index contributed by atoms with van der Waals surface area (Å²) < 4.78 is 1.00. The maximum Gasteiger partial charge on any atom is 0.0537 e. The van der Waals surface area contributed by atoms with Crippen LogP contribution < -0.4 is 5.73 Å².